The lowest BCUT2D eigenvalue weighted by Crippen LogP contribution is -2.06. The Morgan fingerprint density at radius 2 is 1.88 bits per heavy atom. The summed E-state index contributed by atoms with van der Waals surface area (Å²) in [5.41, 5.74) is 0.757. The second kappa shape index (κ2) is 4.44. The molecule has 2 heterocycles. The van der Waals surface area contributed by atoms with Gasteiger partial charge in [-0.15, -0.1) is 0 Å². The van der Waals surface area contributed by atoms with Crippen LogP contribution >= 0.6 is 0 Å². The molecule has 0 bridgehead atoms. The molecule has 0 atom stereocenters. The molecule has 2 rings (SSSR count). The van der Waals surface area contributed by atoms with Gasteiger partial charge in [-0.05, 0) is 24.3 Å². The molecule has 0 aliphatic carbocycles. The summed E-state index contributed by atoms with van der Waals surface area (Å²) in [6, 6.07) is 6.33. The Hall–Kier alpha value is -2.36. The van der Waals surface area contributed by atoms with Crippen molar-refractivity contribution in [3.63, 3.8) is 0 Å². The second-order valence-electron chi connectivity index (χ2n) is 3.07. The Bertz CT molecular complexity index is 524. The third-order valence-corrected chi connectivity index (χ3v) is 2.09. The zero-order valence-corrected chi connectivity index (χ0v) is 8.25. The molecule has 0 saturated heterocycles. The van der Waals surface area contributed by atoms with Crippen molar-refractivity contribution in [1.29, 1.82) is 0 Å². The van der Waals surface area contributed by atoms with Gasteiger partial charge in [0.1, 0.15) is 5.69 Å². The molecule has 0 fully saturated rings. The molecule has 16 heavy (non-hydrogen) atoms. The van der Waals surface area contributed by atoms with E-state index in [0.29, 0.717) is 5.56 Å². The molecule has 0 unspecified atom stereocenters. The van der Waals surface area contributed by atoms with E-state index in [2.05, 4.69) is 9.97 Å². The number of aromatic nitrogens is 2. The number of hydrogen-bond donors (Lipinski definition) is 0. The van der Waals surface area contributed by atoms with Gasteiger partial charge in [0.25, 0.3) is 6.29 Å². The lowest BCUT2D eigenvalue weighted by atomic mass is 10.0. The van der Waals surface area contributed by atoms with Crippen molar-refractivity contribution in [3.05, 3.63) is 59.7 Å². The molecule has 0 saturated carbocycles. The molecule has 4 nitrogen and oxygen atoms in total. The fraction of sp³-hybridized carbons (Fsp3) is 0. The van der Waals surface area contributed by atoms with E-state index in [1.165, 1.54) is 18.6 Å². The Balaban J connectivity index is 2.46. The molecule has 2 aromatic heterocycles. The number of nitrogens with zero attached hydrogens (tertiary/aromatic N) is 2. The summed E-state index contributed by atoms with van der Waals surface area (Å²) in [6.07, 6.45) is 6.14. The fourth-order valence-corrected chi connectivity index (χ4v) is 1.33. The van der Waals surface area contributed by atoms with Crippen molar-refractivity contribution in [2.75, 3.05) is 0 Å². The molecular weight excluding hydrogens is 204 g/mol. The lowest BCUT2D eigenvalue weighted by Gasteiger charge is -2.01. The zero-order chi connectivity index (χ0) is 11.4. The number of carbonyl (C=O) groups is 1. The van der Waals surface area contributed by atoms with Crippen LogP contribution in [-0.2, 0) is 4.79 Å². The highest BCUT2D eigenvalue weighted by Gasteiger charge is 2.13. The van der Waals surface area contributed by atoms with Crippen LogP contribution in [0.3, 0.4) is 0 Å². The summed E-state index contributed by atoms with van der Waals surface area (Å²) >= 11 is 0. The Labute approximate surface area is 92.0 Å². The third-order valence-electron chi connectivity index (χ3n) is 2.09. The summed E-state index contributed by atoms with van der Waals surface area (Å²) in [5.74, 6) is -0.256. The number of carbonyl (C=O) groups excluding carboxylic acids is 2. The van der Waals surface area contributed by atoms with Crippen LogP contribution in [0.1, 0.15) is 21.6 Å². The van der Waals surface area contributed by atoms with E-state index in [4.69, 9.17) is 0 Å². The first-order valence-electron chi connectivity index (χ1n) is 4.61. The van der Waals surface area contributed by atoms with E-state index in [1.54, 1.807) is 30.6 Å². The lowest BCUT2D eigenvalue weighted by molar-refractivity contribution is 0.103. The number of ketones is 1. The van der Waals surface area contributed by atoms with Crippen molar-refractivity contribution in [1.82, 2.24) is 9.97 Å². The van der Waals surface area contributed by atoms with Crippen LogP contribution in [0.2, 0.25) is 0 Å². The maximum atomic E-state index is 12.0. The molecular formula is C12H7N2O2. The van der Waals surface area contributed by atoms with Crippen LogP contribution in [-0.4, -0.2) is 22.0 Å². The summed E-state index contributed by atoms with van der Waals surface area (Å²) in [4.78, 5) is 30.2. The highest BCUT2D eigenvalue weighted by molar-refractivity contribution is 6.12. The largest absolute Gasteiger partial charge is 0.289 e. The van der Waals surface area contributed by atoms with Gasteiger partial charge in [-0.1, -0.05) is 0 Å². The molecule has 0 aliphatic heterocycles. The van der Waals surface area contributed by atoms with E-state index < -0.39 is 0 Å². The SMILES string of the molecule is O=[C]c1ncccc1C(=O)c1ccncc1. The van der Waals surface area contributed by atoms with Crippen molar-refractivity contribution < 1.29 is 9.59 Å². The molecule has 0 spiro atoms. The minimum Gasteiger partial charge on any atom is -0.289 e. The van der Waals surface area contributed by atoms with Gasteiger partial charge < -0.3 is 0 Å². The van der Waals surface area contributed by atoms with Crippen LogP contribution < -0.4 is 0 Å². The molecule has 77 valence electrons. The van der Waals surface area contributed by atoms with Gasteiger partial charge in [0.05, 0.1) is 5.56 Å². The first kappa shape index (κ1) is 10.2. The van der Waals surface area contributed by atoms with E-state index in [9.17, 15) is 9.59 Å². The number of pyridine rings is 2. The smallest absolute Gasteiger partial charge is 0.254 e. The maximum Gasteiger partial charge on any atom is 0.254 e. The monoisotopic (exact) mass is 211 g/mol. The second-order valence-corrected chi connectivity index (χ2v) is 3.07. The highest BCUT2D eigenvalue weighted by Crippen LogP contribution is 2.10. The maximum absolute atomic E-state index is 12.0. The number of hydrogen-bond acceptors (Lipinski definition) is 4. The van der Waals surface area contributed by atoms with Crippen molar-refractivity contribution in [2.24, 2.45) is 0 Å². The summed E-state index contributed by atoms with van der Waals surface area (Å²) in [6.45, 7) is 0. The average Bonchev–Trinajstić information content (AvgIpc) is 2.39. The van der Waals surface area contributed by atoms with Crippen LogP contribution in [0.4, 0.5) is 0 Å². The van der Waals surface area contributed by atoms with E-state index in [1.807, 2.05) is 0 Å². The summed E-state index contributed by atoms with van der Waals surface area (Å²) in [7, 11) is 0. The van der Waals surface area contributed by atoms with Crippen molar-refractivity contribution in [2.45, 2.75) is 0 Å². The predicted molar refractivity (Wildman–Crippen MR) is 56.7 cm³/mol. The number of rotatable bonds is 3. The Morgan fingerprint density at radius 3 is 2.56 bits per heavy atom. The van der Waals surface area contributed by atoms with Crippen LogP contribution in [0.15, 0.2) is 42.9 Å². The molecule has 0 amide bonds. The average molecular weight is 211 g/mol. The van der Waals surface area contributed by atoms with Gasteiger partial charge in [0, 0.05) is 24.2 Å². The van der Waals surface area contributed by atoms with E-state index in [-0.39, 0.29) is 17.0 Å². The quantitative estimate of drug-likeness (QED) is 0.715. The van der Waals surface area contributed by atoms with Gasteiger partial charge in [-0.2, -0.15) is 0 Å². The molecule has 0 aromatic carbocycles. The Morgan fingerprint density at radius 1 is 1.12 bits per heavy atom. The van der Waals surface area contributed by atoms with Gasteiger partial charge in [-0.3, -0.25) is 19.6 Å². The molecule has 2 aromatic rings. The van der Waals surface area contributed by atoms with Gasteiger partial charge in [0.15, 0.2) is 5.78 Å². The Kier molecular flexibility index (Phi) is 2.82. The molecule has 0 aliphatic rings. The first-order valence-corrected chi connectivity index (χ1v) is 4.61. The van der Waals surface area contributed by atoms with Crippen LogP contribution in [0.25, 0.3) is 0 Å². The topological polar surface area (TPSA) is 59.9 Å². The predicted octanol–water partition coefficient (Wildman–Crippen LogP) is 1.17. The van der Waals surface area contributed by atoms with Gasteiger partial charge in [0.2, 0.25) is 0 Å². The first-order chi connectivity index (χ1) is 7.83. The zero-order valence-electron chi connectivity index (χ0n) is 8.25. The normalized spacial score (nSPS) is 9.75. The van der Waals surface area contributed by atoms with E-state index in [0.717, 1.165) is 0 Å². The van der Waals surface area contributed by atoms with Gasteiger partial charge in [-0.25, -0.2) is 0 Å². The standard InChI is InChI=1S/C12H7N2O2/c15-8-11-10(2-1-5-14-11)12(16)9-3-6-13-7-4-9/h1-7H. The van der Waals surface area contributed by atoms with Crippen molar-refractivity contribution in [3.8, 4) is 0 Å². The third kappa shape index (κ3) is 1.86. The highest BCUT2D eigenvalue weighted by atomic mass is 16.1. The minimum absolute atomic E-state index is 0.0318. The van der Waals surface area contributed by atoms with Gasteiger partial charge >= 0.3 is 0 Å². The van der Waals surface area contributed by atoms with Crippen molar-refractivity contribution >= 4 is 12.1 Å². The van der Waals surface area contributed by atoms with Crippen LogP contribution in [0.5, 0.6) is 0 Å². The molecule has 0 N–H and O–H groups in total. The van der Waals surface area contributed by atoms with E-state index >= 15 is 0 Å². The fourth-order valence-electron chi connectivity index (χ4n) is 1.33. The molecule has 4 heteroatoms. The summed E-state index contributed by atoms with van der Waals surface area (Å²) < 4.78 is 0. The van der Waals surface area contributed by atoms with Crippen LogP contribution in [0, 0.1) is 0 Å². The molecule has 1 radical (unpaired) electrons. The minimum atomic E-state index is -0.256. The summed E-state index contributed by atoms with van der Waals surface area (Å²) in [5, 5.41) is 0.